The van der Waals surface area contributed by atoms with Crippen molar-refractivity contribution in [3.05, 3.63) is 49.3 Å². The molecular weight excluding hydrogens is 430 g/mol. The monoisotopic (exact) mass is 445 g/mol. The largest absolute Gasteiger partial charge is 0.330 e. The van der Waals surface area contributed by atoms with Gasteiger partial charge in [-0.1, -0.05) is 6.07 Å². The molecule has 2 aromatic rings. The standard InChI is InChI=1S/C16H16BrNO3S3/c17-15-5-3-13(23-15)4-6-16(19)18(10-14-2-1-8-22-14)12-7-9-24(20,21)11-12/h1-6,8,12H,7,9-11H2/b6-4+/t12-/m1/s1. The van der Waals surface area contributed by atoms with E-state index >= 15 is 0 Å². The quantitative estimate of drug-likeness (QED) is 0.657. The molecule has 0 N–H and O–H groups in total. The number of thiophene rings is 2. The van der Waals surface area contributed by atoms with Crippen molar-refractivity contribution in [1.82, 2.24) is 4.90 Å². The number of carbonyl (C=O) groups is 1. The fourth-order valence-corrected chi connectivity index (χ4v) is 6.41. The highest BCUT2D eigenvalue weighted by molar-refractivity contribution is 9.11. The normalized spacial score (nSPS) is 19.8. The van der Waals surface area contributed by atoms with Crippen LogP contribution in [0.3, 0.4) is 0 Å². The lowest BCUT2D eigenvalue weighted by Crippen LogP contribution is -2.39. The van der Waals surface area contributed by atoms with Crippen molar-refractivity contribution in [2.24, 2.45) is 0 Å². The van der Waals surface area contributed by atoms with Gasteiger partial charge in [0.05, 0.1) is 21.8 Å². The summed E-state index contributed by atoms with van der Waals surface area (Å²) in [6.07, 6.45) is 3.83. The van der Waals surface area contributed by atoms with Crippen LogP contribution in [0.15, 0.2) is 39.5 Å². The van der Waals surface area contributed by atoms with Crippen LogP contribution in [0, 0.1) is 0 Å². The summed E-state index contributed by atoms with van der Waals surface area (Å²) in [4.78, 5) is 16.4. The van der Waals surface area contributed by atoms with E-state index in [1.165, 1.54) is 6.08 Å². The molecule has 0 saturated carbocycles. The van der Waals surface area contributed by atoms with Crippen molar-refractivity contribution in [2.75, 3.05) is 11.5 Å². The van der Waals surface area contributed by atoms with E-state index in [2.05, 4.69) is 15.9 Å². The molecule has 1 saturated heterocycles. The van der Waals surface area contributed by atoms with Gasteiger partial charge in [0.1, 0.15) is 0 Å². The van der Waals surface area contributed by atoms with Crippen LogP contribution in [0.1, 0.15) is 16.2 Å². The van der Waals surface area contributed by atoms with E-state index in [0.29, 0.717) is 13.0 Å². The van der Waals surface area contributed by atoms with E-state index < -0.39 is 9.84 Å². The molecule has 1 amide bonds. The van der Waals surface area contributed by atoms with Gasteiger partial charge in [-0.2, -0.15) is 0 Å². The molecule has 1 aliphatic rings. The number of carbonyl (C=O) groups excluding carboxylic acids is 1. The Hall–Kier alpha value is -0.960. The summed E-state index contributed by atoms with van der Waals surface area (Å²) >= 11 is 6.52. The Balaban J connectivity index is 1.78. The van der Waals surface area contributed by atoms with Crippen LogP contribution in [0.2, 0.25) is 0 Å². The number of hydrogen-bond acceptors (Lipinski definition) is 5. The zero-order valence-corrected chi connectivity index (χ0v) is 16.8. The minimum Gasteiger partial charge on any atom is -0.330 e. The molecule has 0 unspecified atom stereocenters. The average molecular weight is 446 g/mol. The van der Waals surface area contributed by atoms with Crippen LogP contribution >= 0.6 is 38.6 Å². The summed E-state index contributed by atoms with van der Waals surface area (Å²) in [5, 5.41) is 1.96. The van der Waals surface area contributed by atoms with E-state index in [-0.39, 0.29) is 23.5 Å². The van der Waals surface area contributed by atoms with Gasteiger partial charge in [0, 0.05) is 21.9 Å². The first-order valence-electron chi connectivity index (χ1n) is 7.40. The number of rotatable bonds is 5. The SMILES string of the molecule is O=C(/C=C/c1ccc(Br)s1)N(Cc1cccs1)[C@@H]1CCS(=O)(=O)C1. The maximum Gasteiger partial charge on any atom is 0.247 e. The van der Waals surface area contributed by atoms with Crippen molar-refractivity contribution < 1.29 is 13.2 Å². The van der Waals surface area contributed by atoms with Crippen molar-refractivity contribution in [3.8, 4) is 0 Å². The minimum atomic E-state index is -3.04. The highest BCUT2D eigenvalue weighted by Crippen LogP contribution is 2.25. The summed E-state index contributed by atoms with van der Waals surface area (Å²) in [6, 6.07) is 7.52. The third kappa shape index (κ3) is 4.56. The maximum absolute atomic E-state index is 12.7. The molecule has 0 spiro atoms. The summed E-state index contributed by atoms with van der Waals surface area (Å²) in [5.41, 5.74) is 0. The Morgan fingerprint density at radius 2 is 2.21 bits per heavy atom. The first-order valence-corrected chi connectivity index (χ1v) is 11.7. The van der Waals surface area contributed by atoms with Gasteiger partial charge in [-0.3, -0.25) is 4.79 Å². The first-order chi connectivity index (χ1) is 11.4. The number of sulfone groups is 1. The van der Waals surface area contributed by atoms with E-state index in [9.17, 15) is 13.2 Å². The van der Waals surface area contributed by atoms with Crippen LogP contribution < -0.4 is 0 Å². The van der Waals surface area contributed by atoms with Gasteiger partial charge >= 0.3 is 0 Å². The lowest BCUT2D eigenvalue weighted by atomic mass is 10.2. The van der Waals surface area contributed by atoms with Gasteiger partial charge in [-0.05, 0) is 52.0 Å². The fraction of sp³-hybridized carbons (Fsp3) is 0.312. The molecule has 2 aromatic heterocycles. The van der Waals surface area contributed by atoms with Crippen LogP contribution in [-0.2, 0) is 21.2 Å². The molecule has 128 valence electrons. The van der Waals surface area contributed by atoms with Gasteiger partial charge in [0.25, 0.3) is 0 Å². The smallest absolute Gasteiger partial charge is 0.247 e. The molecule has 0 aromatic carbocycles. The molecule has 4 nitrogen and oxygen atoms in total. The molecule has 3 rings (SSSR count). The molecular formula is C16H16BrNO3S3. The number of hydrogen-bond donors (Lipinski definition) is 0. The number of amides is 1. The third-order valence-corrected chi connectivity index (χ3v) is 8.02. The van der Waals surface area contributed by atoms with Crippen molar-refractivity contribution in [2.45, 2.75) is 19.0 Å². The first kappa shape index (κ1) is 17.8. The van der Waals surface area contributed by atoms with Crippen LogP contribution in [0.25, 0.3) is 6.08 Å². The Morgan fingerprint density at radius 3 is 2.79 bits per heavy atom. The highest BCUT2D eigenvalue weighted by atomic mass is 79.9. The molecule has 1 atom stereocenters. The molecule has 1 aliphatic heterocycles. The lowest BCUT2D eigenvalue weighted by Gasteiger charge is -2.26. The zero-order chi connectivity index (χ0) is 17.2. The van der Waals surface area contributed by atoms with Crippen LogP contribution in [0.5, 0.6) is 0 Å². The van der Waals surface area contributed by atoms with Crippen molar-refractivity contribution >= 4 is 60.4 Å². The summed E-state index contributed by atoms with van der Waals surface area (Å²) < 4.78 is 24.6. The van der Waals surface area contributed by atoms with Crippen molar-refractivity contribution in [3.63, 3.8) is 0 Å². The molecule has 0 bridgehead atoms. The number of nitrogens with zero attached hydrogens (tertiary/aromatic N) is 1. The second-order valence-corrected chi connectivity index (χ2v) is 11.3. The van der Waals surface area contributed by atoms with Gasteiger partial charge in [-0.25, -0.2) is 8.42 Å². The average Bonchev–Trinajstić information content (AvgIpc) is 3.24. The van der Waals surface area contributed by atoms with Gasteiger partial charge in [0.15, 0.2) is 9.84 Å². The predicted octanol–water partition coefficient (Wildman–Crippen LogP) is 3.80. The lowest BCUT2D eigenvalue weighted by molar-refractivity contribution is -0.128. The van der Waals surface area contributed by atoms with Gasteiger partial charge < -0.3 is 4.90 Å². The summed E-state index contributed by atoms with van der Waals surface area (Å²) in [5.74, 6) is 0.0747. The second kappa shape index (κ2) is 7.51. The summed E-state index contributed by atoms with van der Waals surface area (Å²) in [6.45, 7) is 0.454. The second-order valence-electron chi connectivity index (χ2n) is 5.58. The van der Waals surface area contributed by atoms with E-state index in [4.69, 9.17) is 0 Å². The molecule has 0 aliphatic carbocycles. The maximum atomic E-state index is 12.7. The Labute approximate surface area is 157 Å². The zero-order valence-electron chi connectivity index (χ0n) is 12.7. The van der Waals surface area contributed by atoms with E-state index in [0.717, 1.165) is 13.5 Å². The topological polar surface area (TPSA) is 54.5 Å². The summed E-state index contributed by atoms with van der Waals surface area (Å²) in [7, 11) is -3.04. The Morgan fingerprint density at radius 1 is 1.38 bits per heavy atom. The van der Waals surface area contributed by atoms with E-state index in [1.807, 2.05) is 29.6 Å². The molecule has 0 radical (unpaired) electrons. The predicted molar refractivity (Wildman–Crippen MR) is 103 cm³/mol. The number of halogens is 1. The van der Waals surface area contributed by atoms with Gasteiger partial charge in [-0.15, -0.1) is 22.7 Å². The fourth-order valence-electron chi connectivity index (χ4n) is 2.65. The van der Waals surface area contributed by atoms with Crippen LogP contribution in [0.4, 0.5) is 0 Å². The molecule has 1 fully saturated rings. The molecule has 3 heterocycles. The van der Waals surface area contributed by atoms with E-state index in [1.54, 1.807) is 33.6 Å². The minimum absolute atomic E-state index is 0.0580. The van der Waals surface area contributed by atoms with Crippen LogP contribution in [-0.4, -0.2) is 36.8 Å². The molecule has 8 heteroatoms. The van der Waals surface area contributed by atoms with Crippen molar-refractivity contribution in [1.29, 1.82) is 0 Å². The Bertz CT molecular complexity index is 840. The molecule has 24 heavy (non-hydrogen) atoms. The third-order valence-electron chi connectivity index (χ3n) is 3.82. The Kier molecular flexibility index (Phi) is 5.59. The highest BCUT2D eigenvalue weighted by Gasteiger charge is 2.34. The van der Waals surface area contributed by atoms with Gasteiger partial charge in [0.2, 0.25) is 5.91 Å².